The zero-order chi connectivity index (χ0) is 15.9. The lowest BCUT2D eigenvalue weighted by molar-refractivity contribution is -0.515. The number of benzene rings is 1. The van der Waals surface area contributed by atoms with E-state index in [1.807, 2.05) is 6.07 Å². The molecule has 0 aliphatic carbocycles. The van der Waals surface area contributed by atoms with Gasteiger partial charge in [0.05, 0.1) is 5.03 Å². The van der Waals surface area contributed by atoms with Crippen molar-refractivity contribution in [3.63, 3.8) is 0 Å². The number of hydrogen-bond acceptors (Lipinski definition) is 4. The fraction of sp³-hybridized carbons (Fsp3) is 0.133. The molecule has 7 heteroatoms. The lowest BCUT2D eigenvalue weighted by atomic mass is 10.2. The van der Waals surface area contributed by atoms with Gasteiger partial charge < -0.3 is 25.5 Å². The minimum atomic E-state index is -0.451. The number of ether oxygens (including phenoxy) is 2. The van der Waals surface area contributed by atoms with Crippen molar-refractivity contribution in [2.45, 2.75) is 6.54 Å². The maximum absolute atomic E-state index is 12.1. The smallest absolute Gasteiger partial charge is 0.258 e. The van der Waals surface area contributed by atoms with Crippen molar-refractivity contribution >= 4 is 17.5 Å². The Morgan fingerprint density at radius 3 is 2.95 bits per heavy atom. The lowest BCUT2D eigenvalue weighted by Gasteiger charge is -2.08. The Kier molecular flexibility index (Phi) is 5.60. The van der Waals surface area contributed by atoms with E-state index in [1.165, 1.54) is 12.2 Å². The Hall–Kier alpha value is -2.28. The molecule has 1 heterocycles. The molecule has 0 spiro atoms. The molecule has 0 saturated carbocycles. The number of nitrogens with one attached hydrogen (secondary N) is 1. The Labute approximate surface area is 132 Å². The third kappa shape index (κ3) is 3.88. The maximum Gasteiger partial charge on any atom is 0.258 e. The second-order valence-electron chi connectivity index (χ2n) is 4.34. The summed E-state index contributed by atoms with van der Waals surface area (Å²) in [5.41, 5.74) is 1.43. The first-order valence-corrected chi connectivity index (χ1v) is 6.84. The molecule has 0 unspecified atom stereocenters. The van der Waals surface area contributed by atoms with Crippen molar-refractivity contribution < 1.29 is 19.7 Å². The third-order valence-electron chi connectivity index (χ3n) is 2.89. The maximum atomic E-state index is 12.1. The molecular weight excluding hydrogens is 308 g/mol. The molecule has 116 valence electrons. The second kappa shape index (κ2) is 7.65. The Balaban J connectivity index is 2.03. The highest BCUT2D eigenvalue weighted by Gasteiger charge is 2.16. The SMILES string of the molecule is C=CC=C(Cl)C(=C[NH2+][O-])C(=O)NCc1ccc2c(c1)OCO2. The van der Waals surface area contributed by atoms with Gasteiger partial charge in [0, 0.05) is 6.54 Å². The molecule has 6 nitrogen and oxygen atoms in total. The zero-order valence-corrected chi connectivity index (χ0v) is 12.4. The highest BCUT2D eigenvalue weighted by atomic mass is 35.5. The molecule has 1 aliphatic rings. The summed E-state index contributed by atoms with van der Waals surface area (Å²) in [4.78, 5) is 12.1. The van der Waals surface area contributed by atoms with Gasteiger partial charge in [-0.15, -0.1) is 0 Å². The third-order valence-corrected chi connectivity index (χ3v) is 3.22. The van der Waals surface area contributed by atoms with Gasteiger partial charge in [0.1, 0.15) is 11.8 Å². The Morgan fingerprint density at radius 1 is 1.45 bits per heavy atom. The van der Waals surface area contributed by atoms with E-state index in [4.69, 9.17) is 21.1 Å². The highest BCUT2D eigenvalue weighted by molar-refractivity contribution is 6.35. The van der Waals surface area contributed by atoms with Crippen LogP contribution in [0.5, 0.6) is 11.5 Å². The second-order valence-corrected chi connectivity index (χ2v) is 4.74. The van der Waals surface area contributed by atoms with Crippen LogP contribution in [0.25, 0.3) is 0 Å². The Bertz CT molecular complexity index is 640. The molecule has 1 amide bonds. The van der Waals surface area contributed by atoms with Crippen LogP contribution in [-0.4, -0.2) is 12.7 Å². The molecule has 1 aromatic rings. The summed E-state index contributed by atoms with van der Waals surface area (Å²) in [5.74, 6) is 0.862. The van der Waals surface area contributed by atoms with E-state index in [1.54, 1.807) is 12.1 Å². The van der Waals surface area contributed by atoms with Crippen molar-refractivity contribution in [1.82, 2.24) is 5.32 Å². The van der Waals surface area contributed by atoms with E-state index >= 15 is 0 Å². The summed E-state index contributed by atoms with van der Waals surface area (Å²) in [7, 11) is 0. The van der Waals surface area contributed by atoms with Crippen molar-refractivity contribution in [2.24, 2.45) is 0 Å². The van der Waals surface area contributed by atoms with Gasteiger partial charge in [0.25, 0.3) is 5.91 Å². The number of halogens is 1. The number of allylic oxidation sites excluding steroid dienone is 2. The van der Waals surface area contributed by atoms with E-state index in [9.17, 15) is 10.0 Å². The molecule has 0 fully saturated rings. The number of carbonyl (C=O) groups is 1. The molecule has 0 aromatic heterocycles. The minimum absolute atomic E-state index is 0.0808. The minimum Gasteiger partial charge on any atom is -0.631 e. The first-order chi connectivity index (χ1) is 10.7. The van der Waals surface area contributed by atoms with Crippen LogP contribution >= 0.6 is 11.6 Å². The van der Waals surface area contributed by atoms with Crippen molar-refractivity contribution in [2.75, 3.05) is 6.79 Å². The monoisotopic (exact) mass is 322 g/mol. The van der Waals surface area contributed by atoms with E-state index < -0.39 is 5.91 Å². The molecule has 0 radical (unpaired) electrons. The normalized spacial score (nSPS) is 13.9. The van der Waals surface area contributed by atoms with E-state index in [0.29, 0.717) is 17.0 Å². The predicted octanol–water partition coefficient (Wildman–Crippen LogP) is 1.29. The van der Waals surface area contributed by atoms with E-state index in [2.05, 4.69) is 11.9 Å². The highest BCUT2D eigenvalue weighted by Crippen LogP contribution is 2.32. The van der Waals surface area contributed by atoms with Crippen molar-refractivity contribution in [1.29, 1.82) is 0 Å². The summed E-state index contributed by atoms with van der Waals surface area (Å²) < 4.78 is 10.5. The number of rotatable bonds is 6. The van der Waals surface area contributed by atoms with Crippen LogP contribution in [-0.2, 0) is 11.3 Å². The van der Waals surface area contributed by atoms with Crippen LogP contribution in [0, 0.1) is 5.21 Å². The number of quaternary nitrogens is 1. The number of carbonyl (C=O) groups excluding carboxylic acids is 1. The van der Waals surface area contributed by atoms with Gasteiger partial charge in [-0.2, -0.15) is 0 Å². The zero-order valence-electron chi connectivity index (χ0n) is 11.7. The average molecular weight is 323 g/mol. The average Bonchev–Trinajstić information content (AvgIpc) is 2.98. The van der Waals surface area contributed by atoms with Crippen LogP contribution in [0.15, 0.2) is 53.7 Å². The van der Waals surface area contributed by atoms with Gasteiger partial charge in [0.2, 0.25) is 6.79 Å². The molecule has 1 aromatic carbocycles. The van der Waals surface area contributed by atoms with Gasteiger partial charge in [-0.25, -0.2) is 0 Å². The fourth-order valence-corrected chi connectivity index (χ4v) is 2.09. The topological polar surface area (TPSA) is 87.2 Å². The fourth-order valence-electron chi connectivity index (χ4n) is 1.85. The summed E-state index contributed by atoms with van der Waals surface area (Å²) in [6, 6.07) is 5.38. The van der Waals surface area contributed by atoms with Gasteiger partial charge in [0.15, 0.2) is 11.5 Å². The largest absolute Gasteiger partial charge is 0.631 e. The van der Waals surface area contributed by atoms with Gasteiger partial charge in [-0.3, -0.25) is 4.79 Å². The molecule has 3 N–H and O–H groups in total. The van der Waals surface area contributed by atoms with Crippen LogP contribution in [0.4, 0.5) is 0 Å². The van der Waals surface area contributed by atoms with Gasteiger partial charge in [-0.1, -0.05) is 30.3 Å². The van der Waals surface area contributed by atoms with Crippen LogP contribution in [0.1, 0.15) is 5.56 Å². The molecular formula is C15H15ClN2O4. The number of hydroxylamine groups is 1. The van der Waals surface area contributed by atoms with Gasteiger partial charge in [-0.05, 0) is 23.8 Å². The summed E-state index contributed by atoms with van der Waals surface area (Å²) in [6.45, 7) is 3.96. The first-order valence-electron chi connectivity index (χ1n) is 6.46. The number of hydrogen-bond donors (Lipinski definition) is 2. The summed E-state index contributed by atoms with van der Waals surface area (Å²) in [5, 5.41) is 13.5. The first kappa shape index (κ1) is 16.1. The quantitative estimate of drug-likeness (QED) is 0.469. The van der Waals surface area contributed by atoms with Crippen molar-refractivity contribution in [3.05, 3.63) is 64.5 Å². The molecule has 0 saturated heterocycles. The van der Waals surface area contributed by atoms with Gasteiger partial charge >= 0.3 is 0 Å². The summed E-state index contributed by atoms with van der Waals surface area (Å²) in [6.07, 6.45) is 3.99. The number of nitrogens with two attached hydrogens (primary N) is 1. The Morgan fingerprint density at radius 2 is 2.23 bits per heavy atom. The van der Waals surface area contributed by atoms with Crippen LogP contribution < -0.4 is 20.3 Å². The molecule has 1 aliphatic heterocycles. The standard InChI is InChI=1S/C15H15ClN2O4/c1-2-3-12(16)11(8-18-20)15(19)17-7-10-4-5-13-14(6-10)22-9-21-13/h2-6,8H,1,7,9,18H2,(H,17,19). The van der Waals surface area contributed by atoms with E-state index in [0.717, 1.165) is 11.8 Å². The molecule has 22 heavy (non-hydrogen) atoms. The molecule has 0 bridgehead atoms. The lowest BCUT2D eigenvalue weighted by Crippen LogP contribution is -2.70. The van der Waals surface area contributed by atoms with E-state index in [-0.39, 0.29) is 23.9 Å². The summed E-state index contributed by atoms with van der Waals surface area (Å²) >= 11 is 5.94. The number of amides is 1. The molecule has 2 rings (SSSR count). The van der Waals surface area contributed by atoms with Crippen LogP contribution in [0.3, 0.4) is 0 Å². The van der Waals surface area contributed by atoms with Crippen molar-refractivity contribution in [3.8, 4) is 11.5 Å². The predicted molar refractivity (Wildman–Crippen MR) is 81.9 cm³/mol. The van der Waals surface area contributed by atoms with Crippen LogP contribution in [0.2, 0.25) is 0 Å². The number of fused-ring (bicyclic) bond motifs is 1. The molecule has 0 atom stereocenters.